The summed E-state index contributed by atoms with van der Waals surface area (Å²) in [5.74, 6) is 1.32. The number of hydrogen-bond acceptors (Lipinski definition) is 1. The number of hydrogen-bond donors (Lipinski definition) is 0. The predicted octanol–water partition coefficient (Wildman–Crippen LogP) is 1.03. The van der Waals surface area contributed by atoms with Gasteiger partial charge in [0.05, 0.1) is 0 Å². The van der Waals surface area contributed by atoms with E-state index in [-0.39, 0.29) is 0 Å². The molecule has 1 heterocycles. The first-order chi connectivity index (χ1) is 4.72. The summed E-state index contributed by atoms with van der Waals surface area (Å²) in [6.45, 7) is 6.15. The van der Waals surface area contributed by atoms with Crippen LogP contribution in [0.15, 0.2) is 0 Å². The summed E-state index contributed by atoms with van der Waals surface area (Å²) in [6, 6.07) is 0. The molecule has 57 valence electrons. The first kappa shape index (κ1) is 7.58. The molecule has 0 N–H and O–H groups in total. The molecule has 1 aliphatic rings. The van der Waals surface area contributed by atoms with Crippen molar-refractivity contribution >= 4 is 6.41 Å². The van der Waals surface area contributed by atoms with Crippen LogP contribution in [-0.2, 0) is 4.79 Å². The largest absolute Gasteiger partial charge is 0.334 e. The first-order valence-corrected chi connectivity index (χ1v) is 3.85. The van der Waals surface area contributed by atoms with Gasteiger partial charge < -0.3 is 4.90 Å². The van der Waals surface area contributed by atoms with Gasteiger partial charge in [0.1, 0.15) is 0 Å². The Hall–Kier alpha value is -0.530. The Bertz CT molecular complexity index is 114. The maximum absolute atomic E-state index is 10.3. The van der Waals surface area contributed by atoms with E-state index in [9.17, 15) is 4.79 Å². The van der Waals surface area contributed by atoms with E-state index in [4.69, 9.17) is 0 Å². The number of nitrogens with zero attached hydrogens (tertiary/aromatic N) is 1. The second kappa shape index (κ2) is 3.04. The van der Waals surface area contributed by atoms with Crippen molar-refractivity contribution in [3.8, 4) is 0 Å². The molecule has 10 heavy (non-hydrogen) atoms. The average Bonchev–Trinajstić information content (AvgIpc) is 1.85. The third-order valence-electron chi connectivity index (χ3n) is 2.00. The summed E-state index contributed by atoms with van der Waals surface area (Å²) in [5.41, 5.74) is 0. The van der Waals surface area contributed by atoms with Crippen molar-refractivity contribution in [1.29, 1.82) is 0 Å². The van der Waals surface area contributed by atoms with E-state index in [1.54, 1.807) is 4.90 Å². The Labute approximate surface area is 62.2 Å². The van der Waals surface area contributed by atoms with E-state index in [1.807, 2.05) is 6.41 Å². The van der Waals surface area contributed by atoms with Crippen LogP contribution in [0.25, 0.3) is 0 Å². The SMILES string of the molecule is CC1CC(C)CN([C]=O)C1. The van der Waals surface area contributed by atoms with Crippen LogP contribution >= 0.6 is 0 Å². The van der Waals surface area contributed by atoms with Gasteiger partial charge in [-0.05, 0) is 18.3 Å². The van der Waals surface area contributed by atoms with Crippen LogP contribution in [0.5, 0.6) is 0 Å². The lowest BCUT2D eigenvalue weighted by atomic mass is 9.92. The third kappa shape index (κ3) is 1.72. The Kier molecular flexibility index (Phi) is 2.30. The van der Waals surface area contributed by atoms with Gasteiger partial charge in [0.2, 0.25) is 0 Å². The van der Waals surface area contributed by atoms with Gasteiger partial charge in [0.15, 0.2) is 0 Å². The lowest BCUT2D eigenvalue weighted by molar-refractivity contribution is 0.207. The summed E-state index contributed by atoms with van der Waals surface area (Å²) < 4.78 is 0. The van der Waals surface area contributed by atoms with Crippen LogP contribution in [0.1, 0.15) is 20.3 Å². The highest BCUT2D eigenvalue weighted by Crippen LogP contribution is 2.19. The highest BCUT2D eigenvalue weighted by Gasteiger charge is 2.20. The minimum absolute atomic E-state index is 0.658. The fourth-order valence-corrected chi connectivity index (χ4v) is 1.74. The minimum Gasteiger partial charge on any atom is -0.334 e. The molecule has 1 amide bonds. The molecule has 0 aliphatic carbocycles. The summed E-state index contributed by atoms with van der Waals surface area (Å²) in [7, 11) is 0. The quantitative estimate of drug-likeness (QED) is 0.532. The van der Waals surface area contributed by atoms with E-state index in [0.29, 0.717) is 11.8 Å². The molecule has 0 aromatic heterocycles. The summed E-state index contributed by atoms with van der Waals surface area (Å²) in [6.07, 6.45) is 3.20. The van der Waals surface area contributed by atoms with Gasteiger partial charge in [-0.1, -0.05) is 13.8 Å². The van der Waals surface area contributed by atoms with Gasteiger partial charge in [-0.15, -0.1) is 0 Å². The number of amides is 1. The fraction of sp³-hybridized carbons (Fsp3) is 0.875. The Morgan fingerprint density at radius 3 is 2.20 bits per heavy atom. The minimum atomic E-state index is 0.658. The molecule has 0 saturated carbocycles. The van der Waals surface area contributed by atoms with Gasteiger partial charge in [-0.3, -0.25) is 4.79 Å². The van der Waals surface area contributed by atoms with Crippen molar-refractivity contribution in [2.24, 2.45) is 11.8 Å². The molecule has 0 bridgehead atoms. The van der Waals surface area contributed by atoms with Crippen molar-refractivity contribution in [2.45, 2.75) is 20.3 Å². The maximum Gasteiger partial charge on any atom is 0.312 e. The average molecular weight is 140 g/mol. The number of rotatable bonds is 1. The van der Waals surface area contributed by atoms with E-state index >= 15 is 0 Å². The molecule has 1 fully saturated rings. The molecule has 1 rings (SSSR count). The summed E-state index contributed by atoms with van der Waals surface area (Å²) in [5, 5.41) is 0. The van der Waals surface area contributed by atoms with Gasteiger partial charge in [-0.2, -0.15) is 0 Å². The van der Waals surface area contributed by atoms with Crippen LogP contribution in [0.4, 0.5) is 0 Å². The summed E-state index contributed by atoms with van der Waals surface area (Å²) in [4.78, 5) is 12.0. The topological polar surface area (TPSA) is 20.3 Å². The Morgan fingerprint density at radius 2 is 1.80 bits per heavy atom. The monoisotopic (exact) mass is 140 g/mol. The zero-order valence-corrected chi connectivity index (χ0v) is 6.63. The lowest BCUT2D eigenvalue weighted by Gasteiger charge is -2.31. The van der Waals surface area contributed by atoms with E-state index in [0.717, 1.165) is 13.1 Å². The van der Waals surface area contributed by atoms with Crippen molar-refractivity contribution in [2.75, 3.05) is 13.1 Å². The van der Waals surface area contributed by atoms with Crippen LogP contribution in [0.3, 0.4) is 0 Å². The van der Waals surface area contributed by atoms with E-state index in [1.165, 1.54) is 6.42 Å². The maximum atomic E-state index is 10.3. The summed E-state index contributed by atoms with van der Waals surface area (Å²) >= 11 is 0. The smallest absolute Gasteiger partial charge is 0.312 e. The van der Waals surface area contributed by atoms with Gasteiger partial charge >= 0.3 is 6.41 Å². The molecule has 0 aromatic carbocycles. The molecular weight excluding hydrogens is 126 g/mol. The molecule has 2 nitrogen and oxygen atoms in total. The van der Waals surface area contributed by atoms with Crippen molar-refractivity contribution < 1.29 is 4.79 Å². The van der Waals surface area contributed by atoms with Gasteiger partial charge in [-0.25, -0.2) is 0 Å². The number of likely N-dealkylation sites (tertiary alicyclic amines) is 1. The molecule has 0 aromatic rings. The first-order valence-electron chi connectivity index (χ1n) is 3.85. The Morgan fingerprint density at radius 1 is 1.30 bits per heavy atom. The molecule has 1 saturated heterocycles. The normalized spacial score (nSPS) is 34.0. The molecule has 2 heteroatoms. The number of carbonyl (C=O) groups excluding carboxylic acids is 1. The molecule has 2 atom stereocenters. The van der Waals surface area contributed by atoms with Crippen molar-refractivity contribution in [3.05, 3.63) is 0 Å². The van der Waals surface area contributed by atoms with Gasteiger partial charge in [0.25, 0.3) is 0 Å². The fourth-order valence-electron chi connectivity index (χ4n) is 1.74. The Balaban J connectivity index is 2.42. The van der Waals surface area contributed by atoms with Crippen LogP contribution in [0, 0.1) is 11.8 Å². The molecule has 1 radical (unpaired) electrons. The van der Waals surface area contributed by atoms with Crippen molar-refractivity contribution in [3.63, 3.8) is 0 Å². The van der Waals surface area contributed by atoms with E-state index < -0.39 is 0 Å². The molecule has 2 unspecified atom stereocenters. The van der Waals surface area contributed by atoms with Crippen LogP contribution in [0.2, 0.25) is 0 Å². The zero-order valence-electron chi connectivity index (χ0n) is 6.63. The molecule has 0 spiro atoms. The second-order valence-electron chi connectivity index (χ2n) is 3.44. The van der Waals surface area contributed by atoms with Gasteiger partial charge in [0, 0.05) is 13.1 Å². The van der Waals surface area contributed by atoms with Crippen molar-refractivity contribution in [1.82, 2.24) is 4.90 Å². The molecular formula is C8H14NO. The predicted molar refractivity (Wildman–Crippen MR) is 40.2 cm³/mol. The molecule has 1 aliphatic heterocycles. The van der Waals surface area contributed by atoms with Crippen LogP contribution < -0.4 is 0 Å². The van der Waals surface area contributed by atoms with Crippen LogP contribution in [-0.4, -0.2) is 24.4 Å². The standard InChI is InChI=1S/C8H14NO/c1-7-3-8(2)5-9(4-7)6-10/h7-8H,3-5H2,1-2H3. The third-order valence-corrected chi connectivity index (χ3v) is 2.00. The highest BCUT2D eigenvalue weighted by atomic mass is 16.1. The second-order valence-corrected chi connectivity index (χ2v) is 3.44. The van der Waals surface area contributed by atoms with E-state index in [2.05, 4.69) is 13.8 Å². The number of piperidine rings is 1. The zero-order chi connectivity index (χ0) is 7.56. The highest BCUT2D eigenvalue weighted by molar-refractivity contribution is 5.48. The lowest BCUT2D eigenvalue weighted by Crippen LogP contribution is -2.37.